The van der Waals surface area contributed by atoms with Crippen LogP contribution in [0.1, 0.15) is 15.9 Å². The molecule has 0 aliphatic heterocycles. The maximum absolute atomic E-state index is 12.7. The fraction of sp³-hybridized carbons (Fsp3) is 0.120. The molecule has 2 aromatic heterocycles. The quantitative estimate of drug-likeness (QED) is 0.394. The number of nitrogens with one attached hydrogen (secondary N) is 1. The van der Waals surface area contributed by atoms with Crippen LogP contribution in [0.25, 0.3) is 26.4 Å². The summed E-state index contributed by atoms with van der Waals surface area (Å²) in [5.41, 5.74) is 4.46. The van der Waals surface area contributed by atoms with E-state index in [1.165, 1.54) is 0 Å². The van der Waals surface area contributed by atoms with E-state index in [-0.39, 0.29) is 5.91 Å². The van der Waals surface area contributed by atoms with Gasteiger partial charge in [0.25, 0.3) is 5.91 Å². The van der Waals surface area contributed by atoms with Crippen molar-refractivity contribution in [2.45, 2.75) is 6.54 Å². The number of nitrogens with zero attached hydrogens (tertiary/aromatic N) is 2. The summed E-state index contributed by atoms with van der Waals surface area (Å²) in [5.74, 6) is 1.43. The molecule has 6 nitrogen and oxygen atoms in total. The molecule has 0 fully saturated rings. The maximum atomic E-state index is 12.7. The molecular weight excluding hydrogens is 422 g/mol. The van der Waals surface area contributed by atoms with Crippen molar-refractivity contribution in [3.05, 3.63) is 84.1 Å². The summed E-state index contributed by atoms with van der Waals surface area (Å²) >= 11 is 1.56. The largest absolute Gasteiger partial charge is 0.497 e. The highest BCUT2D eigenvalue weighted by Gasteiger charge is 2.14. The van der Waals surface area contributed by atoms with Crippen LogP contribution in [0.5, 0.6) is 11.5 Å². The van der Waals surface area contributed by atoms with Gasteiger partial charge in [-0.1, -0.05) is 41.7 Å². The third kappa shape index (κ3) is 3.67. The number of thiazole rings is 1. The van der Waals surface area contributed by atoms with Gasteiger partial charge in [0, 0.05) is 29.4 Å². The Balaban J connectivity index is 1.40. The van der Waals surface area contributed by atoms with Crippen molar-refractivity contribution < 1.29 is 14.3 Å². The van der Waals surface area contributed by atoms with E-state index in [1.807, 2.05) is 72.9 Å². The molecule has 2 heterocycles. The first kappa shape index (κ1) is 20.1. The lowest BCUT2D eigenvalue weighted by molar-refractivity contribution is 0.0951. The van der Waals surface area contributed by atoms with Gasteiger partial charge in [-0.25, -0.2) is 4.98 Å². The minimum absolute atomic E-state index is 0.124. The van der Waals surface area contributed by atoms with Crippen LogP contribution in [0.2, 0.25) is 0 Å². The Kier molecular flexibility index (Phi) is 5.25. The van der Waals surface area contributed by atoms with Crippen molar-refractivity contribution >= 4 is 32.4 Å². The van der Waals surface area contributed by atoms with Crippen LogP contribution in [-0.4, -0.2) is 29.5 Å². The van der Waals surface area contributed by atoms with Gasteiger partial charge in [0.1, 0.15) is 11.5 Å². The molecule has 0 aliphatic carbocycles. The van der Waals surface area contributed by atoms with Gasteiger partial charge in [-0.3, -0.25) is 9.20 Å². The summed E-state index contributed by atoms with van der Waals surface area (Å²) in [4.78, 5) is 18.4. The van der Waals surface area contributed by atoms with Gasteiger partial charge in [0.2, 0.25) is 0 Å². The van der Waals surface area contributed by atoms with E-state index in [0.717, 1.165) is 43.5 Å². The Morgan fingerprint density at radius 3 is 2.75 bits per heavy atom. The second kappa shape index (κ2) is 8.36. The number of benzene rings is 3. The van der Waals surface area contributed by atoms with Crippen LogP contribution in [0, 0.1) is 0 Å². The minimum atomic E-state index is -0.124. The van der Waals surface area contributed by atoms with Gasteiger partial charge in [0.05, 0.1) is 30.1 Å². The Labute approximate surface area is 189 Å². The molecule has 5 aromatic rings. The van der Waals surface area contributed by atoms with Crippen LogP contribution in [-0.2, 0) is 6.54 Å². The third-order valence-corrected chi connectivity index (χ3v) is 6.37. The number of carbonyl (C=O) groups excluding carboxylic acids is 1. The van der Waals surface area contributed by atoms with Crippen LogP contribution < -0.4 is 14.8 Å². The number of aromatic nitrogens is 2. The summed E-state index contributed by atoms with van der Waals surface area (Å²) in [6.45, 7) is 0.401. The SMILES string of the molecule is COc1cccc(-c2cn3c(n2)sc2cc(C(=O)NCc4ccccc4OC)ccc23)c1. The number of amides is 1. The van der Waals surface area contributed by atoms with Crippen molar-refractivity contribution in [2.24, 2.45) is 0 Å². The summed E-state index contributed by atoms with van der Waals surface area (Å²) in [5, 5.41) is 2.98. The standard InChI is InChI=1S/C25H21N3O3S/c1-30-19-8-5-7-16(12-19)20-15-28-21-11-10-17(13-23(21)32-25(28)27-20)24(29)26-14-18-6-3-4-9-22(18)31-2/h3-13,15H,14H2,1-2H3,(H,26,29). The molecule has 0 saturated carbocycles. The predicted octanol–water partition coefficient (Wildman–Crippen LogP) is 5.16. The summed E-state index contributed by atoms with van der Waals surface area (Å²) in [7, 11) is 3.28. The molecule has 0 spiro atoms. The molecule has 7 heteroatoms. The molecule has 0 saturated heterocycles. The van der Waals surface area contributed by atoms with Crippen LogP contribution in [0.15, 0.2) is 72.9 Å². The summed E-state index contributed by atoms with van der Waals surface area (Å²) < 4.78 is 13.7. The topological polar surface area (TPSA) is 64.9 Å². The van der Waals surface area contributed by atoms with Crippen molar-refractivity contribution in [1.82, 2.24) is 14.7 Å². The first-order valence-electron chi connectivity index (χ1n) is 10.1. The van der Waals surface area contributed by atoms with E-state index >= 15 is 0 Å². The van der Waals surface area contributed by atoms with Crippen LogP contribution in [0.4, 0.5) is 0 Å². The first-order chi connectivity index (χ1) is 15.7. The van der Waals surface area contributed by atoms with Crippen LogP contribution in [0.3, 0.4) is 0 Å². The molecule has 0 aliphatic rings. The van der Waals surface area contributed by atoms with Crippen molar-refractivity contribution in [3.63, 3.8) is 0 Å². The number of para-hydroxylation sites is 1. The highest BCUT2D eigenvalue weighted by Crippen LogP contribution is 2.31. The maximum Gasteiger partial charge on any atom is 0.251 e. The van der Waals surface area contributed by atoms with E-state index in [0.29, 0.717) is 12.1 Å². The lowest BCUT2D eigenvalue weighted by atomic mass is 10.1. The van der Waals surface area contributed by atoms with Gasteiger partial charge in [0.15, 0.2) is 4.96 Å². The summed E-state index contributed by atoms with van der Waals surface area (Å²) in [6.07, 6.45) is 2.02. The fourth-order valence-corrected chi connectivity index (χ4v) is 4.74. The average Bonchev–Trinajstić information content (AvgIpc) is 3.40. The zero-order chi connectivity index (χ0) is 22.1. The molecule has 0 radical (unpaired) electrons. The number of rotatable bonds is 6. The molecule has 0 bridgehead atoms. The van der Waals surface area contributed by atoms with Gasteiger partial charge >= 0.3 is 0 Å². The Morgan fingerprint density at radius 1 is 1.03 bits per heavy atom. The number of hydrogen-bond acceptors (Lipinski definition) is 5. The molecule has 3 aromatic carbocycles. The Morgan fingerprint density at radius 2 is 1.91 bits per heavy atom. The van der Waals surface area contributed by atoms with Crippen molar-refractivity contribution in [1.29, 1.82) is 0 Å². The molecule has 1 N–H and O–H groups in total. The number of imidazole rings is 1. The van der Waals surface area contributed by atoms with Gasteiger partial charge < -0.3 is 14.8 Å². The monoisotopic (exact) mass is 443 g/mol. The molecule has 1 amide bonds. The molecular formula is C25H21N3O3S. The molecule has 160 valence electrons. The third-order valence-electron chi connectivity index (χ3n) is 5.35. The summed E-state index contributed by atoms with van der Waals surface area (Å²) in [6, 6.07) is 21.2. The normalized spacial score (nSPS) is 11.1. The Bertz CT molecular complexity index is 1440. The van der Waals surface area contributed by atoms with Gasteiger partial charge in [-0.2, -0.15) is 0 Å². The van der Waals surface area contributed by atoms with Gasteiger partial charge in [-0.05, 0) is 36.4 Å². The highest BCUT2D eigenvalue weighted by molar-refractivity contribution is 7.23. The molecule has 32 heavy (non-hydrogen) atoms. The second-order valence-electron chi connectivity index (χ2n) is 7.29. The smallest absolute Gasteiger partial charge is 0.251 e. The van der Waals surface area contributed by atoms with Gasteiger partial charge in [-0.15, -0.1) is 0 Å². The molecule has 0 atom stereocenters. The molecule has 0 unspecified atom stereocenters. The first-order valence-corrected chi connectivity index (χ1v) is 10.9. The Hall–Kier alpha value is -3.84. The van der Waals surface area contributed by atoms with E-state index < -0.39 is 0 Å². The highest BCUT2D eigenvalue weighted by atomic mass is 32.1. The predicted molar refractivity (Wildman–Crippen MR) is 127 cm³/mol. The minimum Gasteiger partial charge on any atom is -0.497 e. The lowest BCUT2D eigenvalue weighted by Gasteiger charge is -2.09. The number of fused-ring (bicyclic) bond motifs is 3. The number of ether oxygens (including phenoxy) is 2. The van der Waals surface area contributed by atoms with E-state index in [2.05, 4.69) is 9.72 Å². The molecule has 5 rings (SSSR count). The van der Waals surface area contributed by atoms with E-state index in [1.54, 1.807) is 25.6 Å². The zero-order valence-corrected chi connectivity index (χ0v) is 18.5. The number of hydrogen-bond donors (Lipinski definition) is 1. The number of carbonyl (C=O) groups is 1. The fourth-order valence-electron chi connectivity index (χ4n) is 3.69. The van der Waals surface area contributed by atoms with E-state index in [9.17, 15) is 4.79 Å². The van der Waals surface area contributed by atoms with E-state index in [4.69, 9.17) is 14.5 Å². The second-order valence-corrected chi connectivity index (χ2v) is 8.30. The van der Waals surface area contributed by atoms with Crippen LogP contribution >= 0.6 is 11.3 Å². The lowest BCUT2D eigenvalue weighted by Crippen LogP contribution is -2.22. The average molecular weight is 444 g/mol. The van der Waals surface area contributed by atoms with Crippen molar-refractivity contribution in [2.75, 3.05) is 14.2 Å². The van der Waals surface area contributed by atoms with Crippen molar-refractivity contribution in [3.8, 4) is 22.8 Å². The zero-order valence-electron chi connectivity index (χ0n) is 17.7. The number of methoxy groups -OCH3 is 2.